The van der Waals surface area contributed by atoms with Crippen molar-refractivity contribution >= 4 is 46.7 Å². The molecule has 0 spiro atoms. The van der Waals surface area contributed by atoms with Crippen molar-refractivity contribution in [1.82, 2.24) is 5.32 Å². The molecule has 2 aromatic rings. The van der Waals surface area contributed by atoms with Crippen molar-refractivity contribution in [2.24, 2.45) is 0 Å². The first-order valence-electron chi connectivity index (χ1n) is 6.59. The van der Waals surface area contributed by atoms with Crippen LogP contribution in [0.5, 0.6) is 0 Å². The van der Waals surface area contributed by atoms with Gasteiger partial charge in [-0.15, -0.1) is 0 Å². The van der Waals surface area contributed by atoms with E-state index < -0.39 is 18.5 Å². The standard InChI is InChI=1S/C16H12Cl3NO3/c17-11-4-1-3-10(7-11)8-20-14(21)9-23-16(22)15-12(18)5-2-6-13(15)19/h1-7H,8-9H2,(H,20,21). The Morgan fingerprint density at radius 2 is 1.65 bits per heavy atom. The van der Waals surface area contributed by atoms with E-state index in [2.05, 4.69) is 5.32 Å². The Labute approximate surface area is 148 Å². The van der Waals surface area contributed by atoms with E-state index in [1.165, 1.54) is 12.1 Å². The van der Waals surface area contributed by atoms with E-state index in [-0.39, 0.29) is 22.2 Å². The van der Waals surface area contributed by atoms with E-state index in [1.54, 1.807) is 24.3 Å². The molecule has 0 aliphatic carbocycles. The molecule has 0 aliphatic heterocycles. The van der Waals surface area contributed by atoms with Gasteiger partial charge in [-0.3, -0.25) is 4.79 Å². The summed E-state index contributed by atoms with van der Waals surface area (Å²) >= 11 is 17.6. The molecule has 0 radical (unpaired) electrons. The van der Waals surface area contributed by atoms with Gasteiger partial charge in [-0.05, 0) is 29.8 Å². The number of nitrogens with one attached hydrogen (secondary N) is 1. The maximum absolute atomic E-state index is 11.9. The monoisotopic (exact) mass is 371 g/mol. The molecule has 7 heteroatoms. The van der Waals surface area contributed by atoms with Gasteiger partial charge in [-0.1, -0.05) is 53.0 Å². The van der Waals surface area contributed by atoms with Gasteiger partial charge in [0, 0.05) is 11.6 Å². The van der Waals surface area contributed by atoms with Crippen molar-refractivity contribution in [2.45, 2.75) is 6.54 Å². The minimum absolute atomic E-state index is 0.0403. The van der Waals surface area contributed by atoms with Crippen molar-refractivity contribution in [1.29, 1.82) is 0 Å². The molecule has 0 fully saturated rings. The van der Waals surface area contributed by atoms with Gasteiger partial charge in [0.2, 0.25) is 0 Å². The fourth-order valence-electron chi connectivity index (χ4n) is 1.79. The quantitative estimate of drug-likeness (QED) is 0.803. The molecule has 4 nitrogen and oxygen atoms in total. The summed E-state index contributed by atoms with van der Waals surface area (Å²) in [6.45, 7) is -0.148. The molecule has 1 amide bonds. The van der Waals surface area contributed by atoms with Crippen molar-refractivity contribution in [3.05, 3.63) is 68.7 Å². The van der Waals surface area contributed by atoms with Crippen LogP contribution < -0.4 is 5.32 Å². The molecule has 120 valence electrons. The number of esters is 1. The van der Waals surface area contributed by atoms with Crippen LogP contribution in [0.4, 0.5) is 0 Å². The number of carbonyl (C=O) groups is 2. The Kier molecular flexibility index (Phi) is 6.28. The predicted octanol–water partition coefficient (Wildman–Crippen LogP) is 4.12. The van der Waals surface area contributed by atoms with Gasteiger partial charge in [-0.25, -0.2) is 4.79 Å². The van der Waals surface area contributed by atoms with Crippen LogP contribution in [0.2, 0.25) is 15.1 Å². The van der Waals surface area contributed by atoms with Gasteiger partial charge in [0.15, 0.2) is 6.61 Å². The number of hydrogen-bond acceptors (Lipinski definition) is 3. The summed E-state index contributed by atoms with van der Waals surface area (Å²) in [6.07, 6.45) is 0. The number of benzene rings is 2. The highest BCUT2D eigenvalue weighted by Crippen LogP contribution is 2.24. The molecule has 23 heavy (non-hydrogen) atoms. The normalized spacial score (nSPS) is 10.2. The lowest BCUT2D eigenvalue weighted by Crippen LogP contribution is -2.28. The molecule has 2 aromatic carbocycles. The number of halogens is 3. The Balaban J connectivity index is 1.86. The van der Waals surface area contributed by atoms with Crippen LogP contribution in [0, 0.1) is 0 Å². The first kappa shape index (κ1) is 17.6. The maximum Gasteiger partial charge on any atom is 0.341 e. The summed E-state index contributed by atoms with van der Waals surface area (Å²) in [5, 5.41) is 3.54. The predicted molar refractivity (Wildman–Crippen MR) is 90.0 cm³/mol. The van der Waals surface area contributed by atoms with Crippen LogP contribution in [0.1, 0.15) is 15.9 Å². The third-order valence-corrected chi connectivity index (χ3v) is 3.74. The van der Waals surface area contributed by atoms with E-state index in [1.807, 2.05) is 6.07 Å². The number of rotatable bonds is 5. The molecule has 0 saturated carbocycles. The van der Waals surface area contributed by atoms with Gasteiger partial charge in [0.25, 0.3) is 5.91 Å². The second-order valence-corrected chi connectivity index (χ2v) is 5.83. The van der Waals surface area contributed by atoms with Crippen molar-refractivity contribution in [2.75, 3.05) is 6.61 Å². The summed E-state index contributed by atoms with van der Waals surface area (Å²) in [4.78, 5) is 23.6. The number of ether oxygens (including phenoxy) is 1. The highest BCUT2D eigenvalue weighted by atomic mass is 35.5. The third-order valence-electron chi connectivity index (χ3n) is 2.88. The van der Waals surface area contributed by atoms with Crippen molar-refractivity contribution < 1.29 is 14.3 Å². The molecule has 0 heterocycles. The zero-order valence-corrected chi connectivity index (χ0v) is 14.1. The van der Waals surface area contributed by atoms with Gasteiger partial charge in [0.05, 0.1) is 15.6 Å². The fourth-order valence-corrected chi connectivity index (χ4v) is 2.56. The lowest BCUT2D eigenvalue weighted by atomic mass is 10.2. The lowest BCUT2D eigenvalue weighted by Gasteiger charge is -2.08. The highest BCUT2D eigenvalue weighted by Gasteiger charge is 2.17. The molecule has 1 N–H and O–H groups in total. The average Bonchev–Trinajstić information content (AvgIpc) is 2.51. The maximum atomic E-state index is 11.9. The summed E-state index contributed by atoms with van der Waals surface area (Å²) in [5.41, 5.74) is 0.879. The number of amides is 1. The van der Waals surface area contributed by atoms with Gasteiger partial charge < -0.3 is 10.1 Å². The summed E-state index contributed by atoms with van der Waals surface area (Å²) in [7, 11) is 0. The Hall–Kier alpha value is -1.75. The van der Waals surface area contributed by atoms with Crippen LogP contribution in [-0.4, -0.2) is 18.5 Å². The van der Waals surface area contributed by atoms with Gasteiger partial charge in [0.1, 0.15) is 0 Å². The number of carbonyl (C=O) groups excluding carboxylic acids is 2. The molecule has 0 aromatic heterocycles. The molecule has 0 aliphatic rings. The SMILES string of the molecule is O=C(COC(=O)c1c(Cl)cccc1Cl)NCc1cccc(Cl)c1. The third kappa shape index (κ3) is 5.13. The molecule has 0 atom stereocenters. The average molecular weight is 373 g/mol. The Bertz CT molecular complexity index is 714. The number of hydrogen-bond donors (Lipinski definition) is 1. The summed E-state index contributed by atoms with van der Waals surface area (Å²) in [5.74, 6) is -1.19. The first-order valence-corrected chi connectivity index (χ1v) is 7.73. The second kappa shape index (κ2) is 8.20. The van der Waals surface area contributed by atoms with E-state index in [4.69, 9.17) is 39.5 Å². The smallest absolute Gasteiger partial charge is 0.341 e. The zero-order valence-electron chi connectivity index (χ0n) is 11.8. The zero-order chi connectivity index (χ0) is 16.8. The van der Waals surface area contributed by atoms with E-state index in [0.29, 0.717) is 5.02 Å². The minimum atomic E-state index is -0.751. The fraction of sp³-hybridized carbons (Fsp3) is 0.125. The van der Waals surface area contributed by atoms with Crippen molar-refractivity contribution in [3.63, 3.8) is 0 Å². The lowest BCUT2D eigenvalue weighted by molar-refractivity contribution is -0.124. The first-order chi connectivity index (χ1) is 11.0. The topological polar surface area (TPSA) is 55.4 Å². The molecular weight excluding hydrogens is 361 g/mol. The summed E-state index contributed by atoms with van der Waals surface area (Å²) in [6, 6.07) is 11.7. The molecule has 0 bridgehead atoms. The van der Waals surface area contributed by atoms with Crippen LogP contribution in [0.15, 0.2) is 42.5 Å². The van der Waals surface area contributed by atoms with E-state index >= 15 is 0 Å². The van der Waals surface area contributed by atoms with Crippen molar-refractivity contribution in [3.8, 4) is 0 Å². The highest BCUT2D eigenvalue weighted by molar-refractivity contribution is 6.39. The van der Waals surface area contributed by atoms with Gasteiger partial charge in [-0.2, -0.15) is 0 Å². The second-order valence-electron chi connectivity index (χ2n) is 4.58. The van der Waals surface area contributed by atoms with Crippen LogP contribution in [0.3, 0.4) is 0 Å². The molecule has 0 unspecified atom stereocenters. The molecule has 0 saturated heterocycles. The van der Waals surface area contributed by atoms with E-state index in [0.717, 1.165) is 5.56 Å². The van der Waals surface area contributed by atoms with E-state index in [9.17, 15) is 9.59 Å². The van der Waals surface area contributed by atoms with Crippen LogP contribution in [-0.2, 0) is 16.1 Å². The minimum Gasteiger partial charge on any atom is -0.452 e. The molecule has 2 rings (SSSR count). The Morgan fingerprint density at radius 1 is 1.00 bits per heavy atom. The molecular formula is C16H12Cl3NO3. The van der Waals surface area contributed by atoms with Crippen LogP contribution in [0.25, 0.3) is 0 Å². The Morgan fingerprint density at radius 3 is 2.30 bits per heavy atom. The van der Waals surface area contributed by atoms with Crippen LogP contribution >= 0.6 is 34.8 Å². The largest absolute Gasteiger partial charge is 0.452 e. The summed E-state index contributed by atoms with van der Waals surface area (Å²) < 4.78 is 4.92. The van der Waals surface area contributed by atoms with Gasteiger partial charge >= 0.3 is 5.97 Å².